The normalized spacial score (nSPS) is 11.9. The Morgan fingerprint density at radius 3 is 1.93 bits per heavy atom. The van der Waals surface area contributed by atoms with Crippen LogP contribution in [0.3, 0.4) is 0 Å². The molecule has 10 heteroatoms. The standard InChI is InChI=1S/C34H35Cl2N3O4S/c1-4-37-34(41)32(18-26-8-6-5-7-9-26)38(22-27-14-10-24(2)11-15-27)33(40)23-39(30-20-28(35)19-29(36)21-30)44(42,43)31-16-12-25(3)13-17-31/h5-17,19-21,32H,4,18,22-23H2,1-3H3,(H,37,41). The van der Waals surface area contributed by atoms with Gasteiger partial charge in [-0.15, -0.1) is 0 Å². The number of halogens is 2. The number of amides is 2. The van der Waals surface area contributed by atoms with Gasteiger partial charge in [0.25, 0.3) is 10.0 Å². The smallest absolute Gasteiger partial charge is 0.264 e. The van der Waals surface area contributed by atoms with Gasteiger partial charge in [-0.3, -0.25) is 13.9 Å². The van der Waals surface area contributed by atoms with Gasteiger partial charge < -0.3 is 10.2 Å². The number of likely N-dealkylation sites (N-methyl/N-ethyl adjacent to an activating group) is 1. The van der Waals surface area contributed by atoms with Crippen LogP contribution in [0.2, 0.25) is 10.0 Å². The molecule has 0 aliphatic rings. The molecule has 4 aromatic carbocycles. The monoisotopic (exact) mass is 651 g/mol. The van der Waals surface area contributed by atoms with Crippen molar-refractivity contribution in [2.45, 2.75) is 44.7 Å². The lowest BCUT2D eigenvalue weighted by molar-refractivity contribution is -0.140. The summed E-state index contributed by atoms with van der Waals surface area (Å²) in [4.78, 5) is 29.4. The molecule has 230 valence electrons. The highest BCUT2D eigenvalue weighted by Gasteiger charge is 2.34. The van der Waals surface area contributed by atoms with E-state index in [1.54, 1.807) is 12.1 Å². The van der Waals surface area contributed by atoms with Crippen LogP contribution in [0.4, 0.5) is 5.69 Å². The summed E-state index contributed by atoms with van der Waals surface area (Å²) in [5.74, 6) is -0.903. The van der Waals surface area contributed by atoms with Crippen molar-refractivity contribution in [3.05, 3.63) is 129 Å². The second-order valence-corrected chi connectivity index (χ2v) is 13.3. The fourth-order valence-corrected chi connectivity index (χ4v) is 6.70. The predicted molar refractivity (Wildman–Crippen MR) is 177 cm³/mol. The molecule has 4 aromatic rings. The number of benzene rings is 4. The van der Waals surface area contributed by atoms with Crippen molar-refractivity contribution in [1.82, 2.24) is 10.2 Å². The van der Waals surface area contributed by atoms with E-state index < -0.39 is 28.5 Å². The zero-order valence-corrected chi connectivity index (χ0v) is 27.2. The number of hydrogen-bond acceptors (Lipinski definition) is 4. The topological polar surface area (TPSA) is 86.8 Å². The molecule has 7 nitrogen and oxygen atoms in total. The van der Waals surface area contributed by atoms with Gasteiger partial charge in [0.1, 0.15) is 12.6 Å². The molecular formula is C34H35Cl2N3O4S. The van der Waals surface area contributed by atoms with E-state index in [4.69, 9.17) is 23.2 Å². The van der Waals surface area contributed by atoms with Gasteiger partial charge in [0.2, 0.25) is 11.8 Å². The number of anilines is 1. The van der Waals surface area contributed by atoms with Crippen molar-refractivity contribution >= 4 is 50.7 Å². The molecule has 1 atom stereocenters. The summed E-state index contributed by atoms with van der Waals surface area (Å²) in [7, 11) is -4.26. The predicted octanol–water partition coefficient (Wildman–Crippen LogP) is 6.58. The van der Waals surface area contributed by atoms with Gasteiger partial charge in [-0.05, 0) is 62.2 Å². The highest BCUT2D eigenvalue weighted by Crippen LogP contribution is 2.30. The van der Waals surface area contributed by atoms with Crippen molar-refractivity contribution in [1.29, 1.82) is 0 Å². The van der Waals surface area contributed by atoms with Crippen LogP contribution in [0.15, 0.2) is 102 Å². The number of hydrogen-bond donors (Lipinski definition) is 1. The minimum Gasteiger partial charge on any atom is -0.355 e. The highest BCUT2D eigenvalue weighted by molar-refractivity contribution is 7.92. The number of rotatable bonds is 12. The maximum atomic E-state index is 14.4. The molecule has 1 N–H and O–H groups in total. The fraction of sp³-hybridized carbons (Fsp3) is 0.235. The summed E-state index contributed by atoms with van der Waals surface area (Å²) in [5, 5.41) is 3.28. The largest absolute Gasteiger partial charge is 0.355 e. The zero-order chi connectivity index (χ0) is 31.9. The van der Waals surface area contributed by atoms with E-state index >= 15 is 0 Å². The lowest BCUT2D eigenvalue weighted by atomic mass is 10.0. The third kappa shape index (κ3) is 8.40. The summed E-state index contributed by atoms with van der Waals surface area (Å²) in [6.45, 7) is 5.48. The average molecular weight is 653 g/mol. The van der Waals surface area contributed by atoms with Gasteiger partial charge in [0.05, 0.1) is 10.6 Å². The molecule has 4 rings (SSSR count). The summed E-state index contributed by atoms with van der Waals surface area (Å²) in [6.07, 6.45) is 0.234. The van der Waals surface area contributed by atoms with Crippen LogP contribution in [0.25, 0.3) is 0 Å². The second-order valence-electron chi connectivity index (χ2n) is 10.6. The fourth-order valence-electron chi connectivity index (χ4n) is 4.79. The van der Waals surface area contributed by atoms with Crippen LogP contribution in [-0.4, -0.2) is 44.3 Å². The maximum absolute atomic E-state index is 14.4. The molecule has 2 amide bonds. The van der Waals surface area contributed by atoms with Gasteiger partial charge >= 0.3 is 0 Å². The molecule has 0 fully saturated rings. The Kier molecular flexibility index (Phi) is 11.1. The molecule has 0 bridgehead atoms. The first kappa shape index (κ1) is 33.1. The molecule has 1 unspecified atom stereocenters. The van der Waals surface area contributed by atoms with E-state index in [0.717, 1.165) is 26.6 Å². The zero-order valence-electron chi connectivity index (χ0n) is 24.8. The Morgan fingerprint density at radius 2 is 1.36 bits per heavy atom. The van der Waals surface area contributed by atoms with E-state index in [-0.39, 0.29) is 39.5 Å². The maximum Gasteiger partial charge on any atom is 0.264 e. The van der Waals surface area contributed by atoms with Crippen LogP contribution >= 0.6 is 23.2 Å². The first-order chi connectivity index (χ1) is 21.0. The van der Waals surface area contributed by atoms with Gasteiger partial charge in [0, 0.05) is 29.6 Å². The van der Waals surface area contributed by atoms with Crippen LogP contribution < -0.4 is 9.62 Å². The van der Waals surface area contributed by atoms with Crippen LogP contribution in [0.5, 0.6) is 0 Å². The number of aryl methyl sites for hydroxylation is 2. The minimum absolute atomic E-state index is 0.00152. The molecule has 0 saturated carbocycles. The van der Waals surface area contributed by atoms with E-state index in [0.29, 0.717) is 6.54 Å². The molecule has 0 heterocycles. The molecule has 44 heavy (non-hydrogen) atoms. The van der Waals surface area contributed by atoms with E-state index in [2.05, 4.69) is 5.32 Å². The number of carbonyl (C=O) groups is 2. The third-order valence-electron chi connectivity index (χ3n) is 7.12. The lowest BCUT2D eigenvalue weighted by Gasteiger charge is -2.34. The van der Waals surface area contributed by atoms with Crippen molar-refractivity contribution in [3.63, 3.8) is 0 Å². The van der Waals surface area contributed by atoms with Crippen LogP contribution in [0, 0.1) is 13.8 Å². The van der Waals surface area contributed by atoms with E-state index in [1.807, 2.05) is 75.4 Å². The quantitative estimate of drug-likeness (QED) is 0.187. The molecule has 0 aromatic heterocycles. The summed E-state index contributed by atoms with van der Waals surface area (Å²) in [6, 6.07) is 26.9. The van der Waals surface area contributed by atoms with Crippen molar-refractivity contribution in [2.24, 2.45) is 0 Å². The number of carbonyl (C=O) groups excluding carboxylic acids is 2. The lowest BCUT2D eigenvalue weighted by Crippen LogP contribution is -2.53. The minimum atomic E-state index is -4.26. The van der Waals surface area contributed by atoms with Crippen LogP contribution in [0.1, 0.15) is 29.2 Å². The third-order valence-corrected chi connectivity index (χ3v) is 9.34. The molecular weight excluding hydrogens is 617 g/mol. The van der Waals surface area contributed by atoms with Gasteiger partial charge in [-0.2, -0.15) is 0 Å². The first-order valence-electron chi connectivity index (χ1n) is 14.2. The van der Waals surface area contributed by atoms with Crippen molar-refractivity contribution < 1.29 is 18.0 Å². The Bertz CT molecular complexity index is 1680. The van der Waals surface area contributed by atoms with E-state index in [1.165, 1.54) is 35.2 Å². The van der Waals surface area contributed by atoms with Crippen molar-refractivity contribution in [2.75, 3.05) is 17.4 Å². The number of nitrogens with one attached hydrogen (secondary N) is 1. The summed E-state index contributed by atoms with van der Waals surface area (Å²) in [5.41, 5.74) is 3.71. The Labute approximate surface area is 269 Å². The molecule has 0 radical (unpaired) electrons. The van der Waals surface area contributed by atoms with E-state index in [9.17, 15) is 18.0 Å². The molecule has 0 aliphatic carbocycles. The Morgan fingerprint density at radius 1 is 0.795 bits per heavy atom. The van der Waals surface area contributed by atoms with Gasteiger partial charge in [0.15, 0.2) is 0 Å². The molecule has 0 aliphatic heterocycles. The summed E-state index contributed by atoms with van der Waals surface area (Å²) >= 11 is 12.6. The molecule has 0 saturated heterocycles. The first-order valence-corrected chi connectivity index (χ1v) is 16.4. The average Bonchev–Trinajstić information content (AvgIpc) is 2.98. The summed E-state index contributed by atoms with van der Waals surface area (Å²) < 4.78 is 29.2. The Balaban J connectivity index is 1.81. The second kappa shape index (κ2) is 14.8. The van der Waals surface area contributed by atoms with Crippen LogP contribution in [-0.2, 0) is 32.6 Å². The van der Waals surface area contributed by atoms with Gasteiger partial charge in [-0.1, -0.05) is 101 Å². The number of sulfonamides is 1. The highest BCUT2D eigenvalue weighted by atomic mass is 35.5. The van der Waals surface area contributed by atoms with Crippen molar-refractivity contribution in [3.8, 4) is 0 Å². The molecule has 0 spiro atoms. The number of nitrogens with zero attached hydrogens (tertiary/aromatic N) is 2. The van der Waals surface area contributed by atoms with Gasteiger partial charge in [-0.25, -0.2) is 8.42 Å². The SMILES string of the molecule is CCNC(=O)C(Cc1ccccc1)N(Cc1ccc(C)cc1)C(=O)CN(c1cc(Cl)cc(Cl)c1)S(=O)(=O)c1ccc(C)cc1. The Hall–Kier alpha value is -3.85.